The minimum absolute atomic E-state index is 0.341. The van der Waals surface area contributed by atoms with Crippen LogP contribution in [0.2, 0.25) is 0 Å². The molecular formula is C26H29N. The standard InChI is InChI=1S/C26H29N/c1-17(2)15-20-9-10-21-16-22(11-12-24(20)21)26-14-13-25(27-26)19(4)23-8-6-5-7-18(23)3/h5-13,16-17,19-20H,14-15H2,1-4H3. The number of benzene rings is 2. The fraction of sp³-hybridized carbons (Fsp3) is 0.346. The summed E-state index contributed by atoms with van der Waals surface area (Å²) in [6.07, 6.45) is 9.13. The predicted octanol–water partition coefficient (Wildman–Crippen LogP) is 7.03. The fourth-order valence-electron chi connectivity index (χ4n) is 4.41. The predicted molar refractivity (Wildman–Crippen MR) is 117 cm³/mol. The number of hydrogen-bond donors (Lipinski definition) is 0. The highest BCUT2D eigenvalue weighted by Gasteiger charge is 2.22. The molecule has 138 valence electrons. The van der Waals surface area contributed by atoms with E-state index in [2.05, 4.69) is 88.4 Å². The van der Waals surface area contributed by atoms with Gasteiger partial charge in [-0.1, -0.05) is 75.4 Å². The van der Waals surface area contributed by atoms with Crippen LogP contribution in [0, 0.1) is 12.8 Å². The third kappa shape index (κ3) is 3.56. The van der Waals surface area contributed by atoms with Gasteiger partial charge < -0.3 is 0 Å². The summed E-state index contributed by atoms with van der Waals surface area (Å²) in [4.78, 5) is 5.02. The van der Waals surface area contributed by atoms with Gasteiger partial charge in [-0.3, -0.25) is 4.99 Å². The first-order valence-corrected chi connectivity index (χ1v) is 10.2. The average Bonchev–Trinajstić information content (AvgIpc) is 3.28. The Hall–Kier alpha value is -2.41. The van der Waals surface area contributed by atoms with Gasteiger partial charge in [-0.25, -0.2) is 0 Å². The molecule has 2 unspecified atom stereocenters. The second-order valence-corrected chi connectivity index (χ2v) is 8.41. The maximum atomic E-state index is 5.02. The summed E-state index contributed by atoms with van der Waals surface area (Å²) in [6, 6.07) is 15.6. The van der Waals surface area contributed by atoms with Crippen LogP contribution in [0.3, 0.4) is 0 Å². The van der Waals surface area contributed by atoms with E-state index in [1.54, 1.807) is 0 Å². The molecule has 0 saturated carbocycles. The van der Waals surface area contributed by atoms with Crippen LogP contribution in [0.1, 0.15) is 73.3 Å². The highest BCUT2D eigenvalue weighted by atomic mass is 14.8. The van der Waals surface area contributed by atoms with Crippen molar-refractivity contribution in [3.8, 4) is 0 Å². The van der Waals surface area contributed by atoms with Crippen molar-refractivity contribution in [1.82, 2.24) is 0 Å². The van der Waals surface area contributed by atoms with E-state index in [4.69, 9.17) is 4.99 Å². The van der Waals surface area contributed by atoms with Gasteiger partial charge in [0.1, 0.15) is 0 Å². The number of aliphatic imine (C=N–C) groups is 1. The van der Waals surface area contributed by atoms with E-state index in [1.165, 1.54) is 45.6 Å². The van der Waals surface area contributed by atoms with Crippen molar-refractivity contribution in [2.45, 2.75) is 52.4 Å². The average molecular weight is 356 g/mol. The Kier molecular flexibility index (Phi) is 4.86. The van der Waals surface area contributed by atoms with Gasteiger partial charge in [0.05, 0.1) is 5.71 Å². The van der Waals surface area contributed by atoms with Gasteiger partial charge in [-0.15, -0.1) is 0 Å². The summed E-state index contributed by atoms with van der Waals surface area (Å²) >= 11 is 0. The molecule has 0 radical (unpaired) electrons. The van der Waals surface area contributed by atoms with Crippen molar-refractivity contribution in [3.63, 3.8) is 0 Å². The zero-order chi connectivity index (χ0) is 19.0. The lowest BCUT2D eigenvalue weighted by Crippen LogP contribution is -2.02. The van der Waals surface area contributed by atoms with Crippen LogP contribution in [-0.2, 0) is 0 Å². The number of rotatable bonds is 5. The Morgan fingerprint density at radius 1 is 1.07 bits per heavy atom. The largest absolute Gasteiger partial charge is 0.257 e. The quantitative estimate of drug-likeness (QED) is 0.546. The zero-order valence-corrected chi connectivity index (χ0v) is 16.9. The molecule has 1 heterocycles. The summed E-state index contributed by atoms with van der Waals surface area (Å²) in [5.74, 6) is 1.64. The van der Waals surface area contributed by atoms with Crippen molar-refractivity contribution in [1.29, 1.82) is 0 Å². The van der Waals surface area contributed by atoms with E-state index < -0.39 is 0 Å². The number of fused-ring (bicyclic) bond motifs is 1. The summed E-state index contributed by atoms with van der Waals surface area (Å²) in [5, 5.41) is 0. The van der Waals surface area contributed by atoms with Crippen LogP contribution in [-0.4, -0.2) is 5.71 Å². The third-order valence-corrected chi connectivity index (χ3v) is 5.92. The smallest absolute Gasteiger partial charge is 0.0517 e. The Labute approximate surface area is 163 Å². The molecular weight excluding hydrogens is 326 g/mol. The zero-order valence-electron chi connectivity index (χ0n) is 16.9. The maximum Gasteiger partial charge on any atom is 0.0517 e. The number of nitrogens with zero attached hydrogens (tertiary/aromatic N) is 1. The second-order valence-electron chi connectivity index (χ2n) is 8.41. The van der Waals surface area contributed by atoms with Gasteiger partial charge >= 0.3 is 0 Å². The van der Waals surface area contributed by atoms with Crippen molar-refractivity contribution in [2.75, 3.05) is 0 Å². The van der Waals surface area contributed by atoms with Crippen molar-refractivity contribution in [2.24, 2.45) is 10.9 Å². The molecule has 2 aromatic carbocycles. The molecule has 0 amide bonds. The van der Waals surface area contributed by atoms with Crippen molar-refractivity contribution in [3.05, 3.63) is 88.1 Å². The van der Waals surface area contributed by atoms with Gasteiger partial charge in [0.25, 0.3) is 0 Å². The molecule has 0 spiro atoms. The molecule has 1 heteroatoms. The third-order valence-electron chi connectivity index (χ3n) is 5.92. The molecule has 0 fully saturated rings. The first-order valence-electron chi connectivity index (χ1n) is 10.2. The first kappa shape index (κ1) is 18.0. The maximum absolute atomic E-state index is 5.02. The van der Waals surface area contributed by atoms with Crippen LogP contribution in [0.5, 0.6) is 0 Å². The highest BCUT2D eigenvalue weighted by molar-refractivity contribution is 6.04. The molecule has 1 nitrogen and oxygen atoms in total. The molecule has 2 aliphatic rings. The van der Waals surface area contributed by atoms with E-state index in [0.717, 1.165) is 12.3 Å². The SMILES string of the molecule is Cc1ccccc1C(C)C1=CCC(c2ccc3c(c2)C=CC3CC(C)C)=N1. The van der Waals surface area contributed by atoms with Crippen LogP contribution in [0.15, 0.2) is 65.3 Å². The van der Waals surface area contributed by atoms with Gasteiger partial charge in [-0.05, 0) is 53.1 Å². The molecule has 2 aromatic rings. The van der Waals surface area contributed by atoms with Gasteiger partial charge in [0.15, 0.2) is 0 Å². The van der Waals surface area contributed by atoms with E-state index in [0.29, 0.717) is 11.8 Å². The van der Waals surface area contributed by atoms with Crippen LogP contribution in [0.4, 0.5) is 0 Å². The molecule has 0 bridgehead atoms. The number of hydrogen-bond acceptors (Lipinski definition) is 1. The number of aryl methyl sites for hydroxylation is 1. The second kappa shape index (κ2) is 7.31. The van der Waals surface area contributed by atoms with E-state index in [9.17, 15) is 0 Å². The van der Waals surface area contributed by atoms with Crippen molar-refractivity contribution < 1.29 is 0 Å². The fourth-order valence-corrected chi connectivity index (χ4v) is 4.41. The van der Waals surface area contributed by atoms with Gasteiger partial charge in [0.2, 0.25) is 0 Å². The van der Waals surface area contributed by atoms with Gasteiger partial charge in [0, 0.05) is 24.0 Å². The summed E-state index contributed by atoms with van der Waals surface area (Å²) in [5.41, 5.74) is 9.25. The minimum atomic E-state index is 0.341. The Morgan fingerprint density at radius 2 is 1.89 bits per heavy atom. The van der Waals surface area contributed by atoms with Crippen LogP contribution >= 0.6 is 0 Å². The van der Waals surface area contributed by atoms with Crippen molar-refractivity contribution >= 4 is 11.8 Å². The number of allylic oxidation sites excluding steroid dienone is 3. The lowest BCUT2D eigenvalue weighted by Gasteiger charge is -2.15. The Morgan fingerprint density at radius 3 is 2.67 bits per heavy atom. The minimum Gasteiger partial charge on any atom is -0.257 e. The summed E-state index contributed by atoms with van der Waals surface area (Å²) < 4.78 is 0. The first-order chi connectivity index (χ1) is 13.0. The highest BCUT2D eigenvalue weighted by Crippen LogP contribution is 2.36. The van der Waals surface area contributed by atoms with E-state index >= 15 is 0 Å². The normalized spacial score (nSPS) is 19.2. The Bertz CT molecular complexity index is 942. The molecule has 1 aliphatic heterocycles. The lowest BCUT2D eigenvalue weighted by atomic mass is 9.91. The molecule has 0 N–H and O–H groups in total. The van der Waals surface area contributed by atoms with Crippen LogP contribution < -0.4 is 0 Å². The molecule has 0 aromatic heterocycles. The topological polar surface area (TPSA) is 12.4 Å². The summed E-state index contributed by atoms with van der Waals surface area (Å²) in [6.45, 7) is 9.06. The molecule has 2 atom stereocenters. The molecule has 0 saturated heterocycles. The lowest BCUT2D eigenvalue weighted by molar-refractivity contribution is 0.553. The Balaban J connectivity index is 1.55. The molecule has 27 heavy (non-hydrogen) atoms. The monoisotopic (exact) mass is 355 g/mol. The van der Waals surface area contributed by atoms with E-state index in [1.807, 2.05) is 0 Å². The van der Waals surface area contributed by atoms with E-state index in [-0.39, 0.29) is 0 Å². The molecule has 1 aliphatic carbocycles. The van der Waals surface area contributed by atoms with Crippen LogP contribution in [0.25, 0.3) is 6.08 Å². The summed E-state index contributed by atoms with van der Waals surface area (Å²) in [7, 11) is 0. The molecule has 4 rings (SSSR count). The van der Waals surface area contributed by atoms with Gasteiger partial charge in [-0.2, -0.15) is 0 Å².